The molecule has 1 aliphatic carbocycles. The molecule has 0 aliphatic heterocycles. The Morgan fingerprint density at radius 1 is 1.35 bits per heavy atom. The highest BCUT2D eigenvalue weighted by atomic mass is 16.3. The third kappa shape index (κ3) is 3.86. The minimum absolute atomic E-state index is 0.545. The van der Waals surface area contributed by atoms with Crippen molar-refractivity contribution in [1.82, 2.24) is 10.2 Å². The van der Waals surface area contributed by atoms with Crippen molar-refractivity contribution in [3.63, 3.8) is 0 Å². The van der Waals surface area contributed by atoms with Crippen molar-refractivity contribution in [1.29, 1.82) is 0 Å². The van der Waals surface area contributed by atoms with E-state index in [1.807, 2.05) is 7.05 Å². The number of hydrogen-bond donors (Lipinski definition) is 1. The normalized spacial score (nSPS) is 19.7. The minimum Gasteiger partial charge on any atom is -0.465 e. The summed E-state index contributed by atoms with van der Waals surface area (Å²) in [6.07, 6.45) is 5.34. The third-order valence-electron chi connectivity index (χ3n) is 4.77. The predicted octanol–water partition coefficient (Wildman–Crippen LogP) is 3.71. The number of rotatable bonds is 5. The Kier molecular flexibility index (Phi) is 4.92. The summed E-state index contributed by atoms with van der Waals surface area (Å²) in [5, 5.41) is 3.14. The van der Waals surface area contributed by atoms with Gasteiger partial charge in [0, 0.05) is 18.2 Å². The van der Waals surface area contributed by atoms with Gasteiger partial charge in [0.15, 0.2) is 0 Å². The molecule has 1 aromatic heterocycles. The summed E-state index contributed by atoms with van der Waals surface area (Å²) < 4.78 is 5.79. The van der Waals surface area contributed by atoms with E-state index >= 15 is 0 Å². The molecule has 0 radical (unpaired) electrons. The molecule has 1 fully saturated rings. The molecule has 3 heteroatoms. The van der Waals surface area contributed by atoms with Crippen molar-refractivity contribution in [2.24, 2.45) is 5.41 Å². The smallest absolute Gasteiger partial charge is 0.118 e. The Balaban J connectivity index is 1.93. The standard InChI is InChI=1S/C17H30N2O/c1-13-14(10-16(20-13)11-18-4)12-19(5)15-6-8-17(2,3)9-7-15/h10,15,18H,6-9,11-12H2,1-5H3. The van der Waals surface area contributed by atoms with Gasteiger partial charge >= 0.3 is 0 Å². The second-order valence-corrected chi connectivity index (χ2v) is 7.13. The van der Waals surface area contributed by atoms with Crippen molar-refractivity contribution in [2.45, 2.75) is 65.6 Å². The first-order valence-corrected chi connectivity index (χ1v) is 7.84. The van der Waals surface area contributed by atoms with Gasteiger partial charge in [-0.15, -0.1) is 0 Å². The van der Waals surface area contributed by atoms with Crippen LogP contribution >= 0.6 is 0 Å². The SMILES string of the molecule is CNCc1cc(CN(C)C2CCC(C)(C)CC2)c(C)o1. The van der Waals surface area contributed by atoms with E-state index in [0.717, 1.165) is 30.7 Å². The summed E-state index contributed by atoms with van der Waals surface area (Å²) >= 11 is 0. The highest BCUT2D eigenvalue weighted by Crippen LogP contribution is 2.37. The van der Waals surface area contributed by atoms with Gasteiger partial charge in [0.25, 0.3) is 0 Å². The topological polar surface area (TPSA) is 28.4 Å². The van der Waals surface area contributed by atoms with Crippen molar-refractivity contribution < 1.29 is 4.42 Å². The Bertz CT molecular complexity index is 426. The lowest BCUT2D eigenvalue weighted by molar-refractivity contribution is 0.122. The fourth-order valence-corrected chi connectivity index (χ4v) is 3.23. The molecular weight excluding hydrogens is 248 g/mol. The molecule has 1 heterocycles. The van der Waals surface area contributed by atoms with Crippen LogP contribution in [0.4, 0.5) is 0 Å². The van der Waals surface area contributed by atoms with Gasteiger partial charge in [0.05, 0.1) is 6.54 Å². The van der Waals surface area contributed by atoms with Gasteiger partial charge < -0.3 is 9.73 Å². The van der Waals surface area contributed by atoms with Gasteiger partial charge in [-0.2, -0.15) is 0 Å². The Morgan fingerprint density at radius 3 is 2.60 bits per heavy atom. The van der Waals surface area contributed by atoms with Gasteiger partial charge in [-0.3, -0.25) is 4.90 Å². The number of nitrogens with zero attached hydrogens (tertiary/aromatic N) is 1. The molecule has 2 rings (SSSR count). The van der Waals surface area contributed by atoms with Crippen LogP contribution in [0.1, 0.15) is 56.6 Å². The minimum atomic E-state index is 0.545. The molecule has 0 amide bonds. The molecule has 0 bridgehead atoms. The van der Waals surface area contributed by atoms with E-state index in [1.54, 1.807) is 0 Å². The zero-order chi connectivity index (χ0) is 14.8. The fraction of sp³-hybridized carbons (Fsp3) is 0.765. The average Bonchev–Trinajstić information content (AvgIpc) is 2.70. The van der Waals surface area contributed by atoms with Gasteiger partial charge in [0.2, 0.25) is 0 Å². The molecule has 1 aromatic rings. The van der Waals surface area contributed by atoms with Crippen LogP contribution in [0.2, 0.25) is 0 Å². The van der Waals surface area contributed by atoms with Crippen LogP contribution < -0.4 is 5.32 Å². The van der Waals surface area contributed by atoms with E-state index < -0.39 is 0 Å². The van der Waals surface area contributed by atoms with E-state index in [-0.39, 0.29) is 0 Å². The van der Waals surface area contributed by atoms with Crippen molar-refractivity contribution in [3.8, 4) is 0 Å². The maximum absolute atomic E-state index is 5.79. The van der Waals surface area contributed by atoms with Crippen LogP contribution in [0.25, 0.3) is 0 Å². The highest BCUT2D eigenvalue weighted by molar-refractivity contribution is 5.20. The molecule has 20 heavy (non-hydrogen) atoms. The average molecular weight is 278 g/mol. The van der Waals surface area contributed by atoms with E-state index in [9.17, 15) is 0 Å². The number of aryl methyl sites for hydroxylation is 1. The summed E-state index contributed by atoms with van der Waals surface area (Å²) in [6.45, 7) is 8.68. The Labute approximate surface area is 123 Å². The first-order valence-electron chi connectivity index (χ1n) is 7.84. The van der Waals surface area contributed by atoms with Crippen LogP contribution in [0, 0.1) is 12.3 Å². The van der Waals surface area contributed by atoms with Crippen molar-refractivity contribution in [2.75, 3.05) is 14.1 Å². The largest absolute Gasteiger partial charge is 0.465 e. The Hall–Kier alpha value is -0.800. The lowest BCUT2D eigenvalue weighted by Gasteiger charge is -2.38. The molecular formula is C17H30N2O. The summed E-state index contributed by atoms with van der Waals surface area (Å²) in [5.41, 5.74) is 1.88. The molecule has 0 unspecified atom stereocenters. The zero-order valence-corrected chi connectivity index (χ0v) is 13.8. The first-order chi connectivity index (χ1) is 9.41. The van der Waals surface area contributed by atoms with Crippen LogP contribution in [-0.4, -0.2) is 25.0 Å². The molecule has 114 valence electrons. The molecule has 0 aromatic carbocycles. The lowest BCUT2D eigenvalue weighted by atomic mass is 9.75. The molecule has 3 nitrogen and oxygen atoms in total. The lowest BCUT2D eigenvalue weighted by Crippen LogP contribution is -2.36. The van der Waals surface area contributed by atoms with Gasteiger partial charge in [0.1, 0.15) is 11.5 Å². The van der Waals surface area contributed by atoms with Crippen LogP contribution in [0.15, 0.2) is 10.5 Å². The predicted molar refractivity (Wildman–Crippen MR) is 83.7 cm³/mol. The highest BCUT2D eigenvalue weighted by Gasteiger charge is 2.29. The number of hydrogen-bond acceptors (Lipinski definition) is 3. The molecule has 0 saturated heterocycles. The third-order valence-corrected chi connectivity index (χ3v) is 4.77. The van der Waals surface area contributed by atoms with E-state index in [1.165, 1.54) is 31.2 Å². The summed E-state index contributed by atoms with van der Waals surface area (Å²) in [4.78, 5) is 2.51. The van der Waals surface area contributed by atoms with Crippen LogP contribution in [0.3, 0.4) is 0 Å². The molecule has 1 aliphatic rings. The van der Waals surface area contributed by atoms with Gasteiger partial charge in [-0.25, -0.2) is 0 Å². The molecule has 0 spiro atoms. The maximum Gasteiger partial charge on any atom is 0.118 e. The quantitative estimate of drug-likeness (QED) is 0.890. The van der Waals surface area contributed by atoms with E-state index in [2.05, 4.69) is 44.1 Å². The second-order valence-electron chi connectivity index (χ2n) is 7.13. The van der Waals surface area contributed by atoms with Gasteiger partial charge in [-0.05, 0) is 58.2 Å². The number of furan rings is 1. The summed E-state index contributed by atoms with van der Waals surface area (Å²) in [6, 6.07) is 2.93. The Morgan fingerprint density at radius 2 is 2.00 bits per heavy atom. The van der Waals surface area contributed by atoms with Crippen molar-refractivity contribution in [3.05, 3.63) is 23.2 Å². The maximum atomic E-state index is 5.79. The molecule has 0 atom stereocenters. The first kappa shape index (κ1) is 15.6. The number of nitrogens with one attached hydrogen (secondary N) is 1. The fourth-order valence-electron chi connectivity index (χ4n) is 3.23. The molecule has 1 saturated carbocycles. The zero-order valence-electron chi connectivity index (χ0n) is 13.8. The molecule has 1 N–H and O–H groups in total. The van der Waals surface area contributed by atoms with Gasteiger partial charge in [-0.1, -0.05) is 13.8 Å². The summed E-state index contributed by atoms with van der Waals surface area (Å²) in [5.74, 6) is 2.11. The monoisotopic (exact) mass is 278 g/mol. The summed E-state index contributed by atoms with van der Waals surface area (Å²) in [7, 11) is 4.21. The van der Waals surface area contributed by atoms with Crippen LogP contribution in [0.5, 0.6) is 0 Å². The van der Waals surface area contributed by atoms with Crippen LogP contribution in [-0.2, 0) is 13.1 Å². The van der Waals surface area contributed by atoms with Crippen molar-refractivity contribution >= 4 is 0 Å². The van der Waals surface area contributed by atoms with E-state index in [0.29, 0.717) is 5.41 Å². The van der Waals surface area contributed by atoms with E-state index in [4.69, 9.17) is 4.42 Å². The second kappa shape index (κ2) is 6.31.